The van der Waals surface area contributed by atoms with Crippen LogP contribution in [0.5, 0.6) is 0 Å². The Morgan fingerprint density at radius 1 is 1.02 bits per heavy atom. The van der Waals surface area contributed by atoms with Gasteiger partial charge in [0.25, 0.3) is 0 Å². The van der Waals surface area contributed by atoms with Crippen LogP contribution in [0.4, 0.5) is 8.78 Å². The molecule has 5 aliphatic rings. The van der Waals surface area contributed by atoms with Crippen LogP contribution in [0.3, 0.4) is 0 Å². The molecular formula is C36H40F2N2O3. The molecule has 4 fully saturated rings. The average Bonchev–Trinajstić information content (AvgIpc) is 3.47. The van der Waals surface area contributed by atoms with Crippen LogP contribution in [0.15, 0.2) is 84.5 Å². The first kappa shape index (κ1) is 28.6. The first-order valence-electron chi connectivity index (χ1n) is 15.6. The minimum Gasteiger partial charge on any atom is -0.390 e. The van der Waals surface area contributed by atoms with Gasteiger partial charge in [0.15, 0.2) is 11.5 Å². The lowest BCUT2D eigenvalue weighted by molar-refractivity contribution is -0.212. The predicted octanol–water partition coefficient (Wildman–Crippen LogP) is 5.35. The van der Waals surface area contributed by atoms with Crippen molar-refractivity contribution in [2.75, 3.05) is 13.1 Å². The van der Waals surface area contributed by atoms with E-state index >= 15 is 8.78 Å². The molecule has 2 aromatic carbocycles. The normalized spacial score (nSPS) is 41.6. The van der Waals surface area contributed by atoms with Crippen LogP contribution in [-0.2, 0) is 22.7 Å². The van der Waals surface area contributed by atoms with Gasteiger partial charge in [-0.15, -0.1) is 0 Å². The Morgan fingerprint density at radius 2 is 1.70 bits per heavy atom. The fourth-order valence-corrected chi connectivity index (χ4v) is 10.2. The number of alkyl halides is 2. The maximum absolute atomic E-state index is 17.7. The summed E-state index contributed by atoms with van der Waals surface area (Å²) in [5, 5.41) is 15.1. The SMILES string of the molecule is CC12C=CC(=O)C=C1C(F)CC1C3CC4CN(Cc5ccccc5)CC4(C(=O)NCc4ccccc4)C3(C)CC(O)C12F. The number of carbonyl (C=O) groups is 2. The maximum Gasteiger partial charge on any atom is 0.228 e. The molecule has 4 aliphatic carbocycles. The van der Waals surface area contributed by atoms with E-state index in [0.717, 1.165) is 11.1 Å². The quantitative estimate of drug-likeness (QED) is 0.496. The highest BCUT2D eigenvalue weighted by Crippen LogP contribution is 2.74. The van der Waals surface area contributed by atoms with Crippen LogP contribution in [0.25, 0.3) is 0 Å². The van der Waals surface area contributed by atoms with Crippen molar-refractivity contribution in [2.45, 2.75) is 64.1 Å². The number of amides is 1. The van der Waals surface area contributed by atoms with Gasteiger partial charge in [0.05, 0.1) is 11.5 Å². The standard InChI is InChI=1S/C36H40F2N2O3/c1-33-14-13-26(41)16-29(33)30(37)17-28-27-15-25-21-40(20-24-11-7-4-8-12-24)22-35(25,34(27,2)18-31(42)36(28,33)38)32(43)39-19-23-9-5-3-6-10-23/h3-14,16,25,27-28,30-31,42H,15,17-22H2,1-2H3,(H,39,43). The monoisotopic (exact) mass is 586 g/mol. The molecule has 9 atom stereocenters. The molecular weight excluding hydrogens is 546 g/mol. The van der Waals surface area contributed by atoms with E-state index in [1.165, 1.54) is 18.2 Å². The number of hydrogen-bond acceptors (Lipinski definition) is 4. The third kappa shape index (κ3) is 3.93. The number of ketones is 1. The number of allylic oxidation sites excluding steroid dienone is 4. The first-order chi connectivity index (χ1) is 20.5. The van der Waals surface area contributed by atoms with Crippen molar-refractivity contribution in [1.29, 1.82) is 0 Å². The van der Waals surface area contributed by atoms with E-state index in [0.29, 0.717) is 32.6 Å². The summed E-state index contributed by atoms with van der Waals surface area (Å²) in [4.78, 5) is 29.1. The molecule has 7 rings (SSSR count). The lowest BCUT2D eigenvalue weighted by Crippen LogP contribution is -2.70. The smallest absolute Gasteiger partial charge is 0.228 e. The summed E-state index contributed by atoms with van der Waals surface area (Å²) < 4.78 is 33.7. The minimum atomic E-state index is -2.15. The van der Waals surface area contributed by atoms with Crippen LogP contribution in [0.2, 0.25) is 0 Å². The molecule has 0 aromatic heterocycles. The summed E-state index contributed by atoms with van der Waals surface area (Å²) in [6, 6.07) is 20.0. The third-order valence-electron chi connectivity index (χ3n) is 12.2. The molecule has 2 N–H and O–H groups in total. The molecule has 0 spiro atoms. The molecule has 0 radical (unpaired) electrons. The number of hydrogen-bond donors (Lipinski definition) is 2. The number of nitrogens with zero attached hydrogens (tertiary/aromatic N) is 1. The maximum atomic E-state index is 17.7. The Morgan fingerprint density at radius 3 is 2.40 bits per heavy atom. The van der Waals surface area contributed by atoms with Gasteiger partial charge in [0.1, 0.15) is 6.17 Å². The lowest BCUT2D eigenvalue weighted by Gasteiger charge is -2.63. The molecule has 7 heteroatoms. The van der Waals surface area contributed by atoms with E-state index in [2.05, 4.69) is 29.3 Å². The van der Waals surface area contributed by atoms with E-state index in [1.807, 2.05) is 48.5 Å². The predicted molar refractivity (Wildman–Crippen MR) is 160 cm³/mol. The van der Waals surface area contributed by atoms with Crippen LogP contribution in [-0.4, -0.2) is 52.7 Å². The molecule has 1 saturated heterocycles. The number of carbonyl (C=O) groups excluding carboxylic acids is 2. The van der Waals surface area contributed by atoms with Crippen molar-refractivity contribution >= 4 is 11.7 Å². The van der Waals surface area contributed by atoms with Gasteiger partial charge >= 0.3 is 0 Å². The molecule has 9 unspecified atom stereocenters. The Kier molecular flexibility index (Phi) is 6.60. The van der Waals surface area contributed by atoms with Gasteiger partial charge in [0, 0.05) is 37.5 Å². The number of aliphatic hydroxyl groups is 1. The number of benzene rings is 2. The summed E-state index contributed by atoms with van der Waals surface area (Å²) in [6.45, 7) is 5.93. The second kappa shape index (κ2) is 9.93. The van der Waals surface area contributed by atoms with Gasteiger partial charge in [-0.3, -0.25) is 14.5 Å². The highest BCUT2D eigenvalue weighted by atomic mass is 19.1. The minimum absolute atomic E-state index is 0.0666. The van der Waals surface area contributed by atoms with Gasteiger partial charge in [-0.1, -0.05) is 73.7 Å². The largest absolute Gasteiger partial charge is 0.390 e. The molecule has 0 bridgehead atoms. The van der Waals surface area contributed by atoms with E-state index in [1.54, 1.807) is 6.92 Å². The summed E-state index contributed by atoms with van der Waals surface area (Å²) in [5.41, 5.74) is -2.92. The first-order valence-corrected chi connectivity index (χ1v) is 15.6. The number of rotatable bonds is 5. The van der Waals surface area contributed by atoms with Crippen molar-refractivity contribution in [3.8, 4) is 0 Å². The molecule has 1 amide bonds. The number of halogens is 2. The molecule has 1 aliphatic heterocycles. The molecule has 226 valence electrons. The summed E-state index contributed by atoms with van der Waals surface area (Å²) in [7, 11) is 0. The molecule has 5 nitrogen and oxygen atoms in total. The van der Waals surface area contributed by atoms with Gasteiger partial charge in [-0.25, -0.2) is 8.78 Å². The summed E-state index contributed by atoms with van der Waals surface area (Å²) in [6.07, 6.45) is 1.71. The van der Waals surface area contributed by atoms with E-state index < -0.39 is 40.1 Å². The van der Waals surface area contributed by atoms with Crippen molar-refractivity contribution in [1.82, 2.24) is 10.2 Å². The number of fused-ring (bicyclic) bond motifs is 7. The van der Waals surface area contributed by atoms with Gasteiger partial charge in [0.2, 0.25) is 5.91 Å². The second-order valence-electron chi connectivity index (χ2n) is 14.1. The molecule has 2 aromatic rings. The zero-order valence-corrected chi connectivity index (χ0v) is 24.8. The topological polar surface area (TPSA) is 69.6 Å². The Bertz CT molecular complexity index is 1500. The van der Waals surface area contributed by atoms with Gasteiger partial charge in [-0.2, -0.15) is 0 Å². The van der Waals surface area contributed by atoms with E-state index in [4.69, 9.17) is 0 Å². The zero-order chi connectivity index (χ0) is 30.2. The van der Waals surface area contributed by atoms with Gasteiger partial charge in [-0.05, 0) is 72.3 Å². The average molecular weight is 587 g/mol. The number of aliphatic hydroxyl groups excluding tert-OH is 1. The Balaban J connectivity index is 1.27. The fraction of sp³-hybridized carbons (Fsp3) is 0.500. The highest BCUT2D eigenvalue weighted by Gasteiger charge is 2.78. The van der Waals surface area contributed by atoms with Crippen molar-refractivity contribution in [2.24, 2.45) is 34.0 Å². The van der Waals surface area contributed by atoms with Crippen molar-refractivity contribution in [3.05, 3.63) is 95.6 Å². The van der Waals surface area contributed by atoms with E-state index in [9.17, 15) is 14.7 Å². The summed E-state index contributed by atoms with van der Waals surface area (Å²) >= 11 is 0. The molecule has 1 heterocycles. The van der Waals surface area contributed by atoms with Crippen molar-refractivity contribution in [3.63, 3.8) is 0 Å². The Labute approximate surface area is 252 Å². The highest BCUT2D eigenvalue weighted by molar-refractivity contribution is 6.01. The number of nitrogens with one attached hydrogen (secondary N) is 1. The van der Waals surface area contributed by atoms with Crippen LogP contribution < -0.4 is 5.32 Å². The van der Waals surface area contributed by atoms with Crippen molar-refractivity contribution < 1.29 is 23.5 Å². The van der Waals surface area contributed by atoms with Gasteiger partial charge < -0.3 is 10.4 Å². The second-order valence-corrected chi connectivity index (χ2v) is 14.1. The van der Waals surface area contributed by atoms with Crippen LogP contribution >= 0.6 is 0 Å². The Hall–Kier alpha value is -3.16. The zero-order valence-electron chi connectivity index (χ0n) is 24.8. The molecule has 3 saturated carbocycles. The van der Waals surface area contributed by atoms with E-state index in [-0.39, 0.29) is 41.9 Å². The lowest BCUT2D eigenvalue weighted by atomic mass is 9.43. The summed E-state index contributed by atoms with van der Waals surface area (Å²) in [5.74, 6) is -1.57. The molecule has 43 heavy (non-hydrogen) atoms. The van der Waals surface area contributed by atoms with Crippen LogP contribution in [0.1, 0.15) is 44.2 Å². The van der Waals surface area contributed by atoms with Crippen LogP contribution in [0, 0.1) is 34.0 Å². The number of likely N-dealkylation sites (tertiary alicyclic amines) is 1. The fourth-order valence-electron chi connectivity index (χ4n) is 10.2. The third-order valence-corrected chi connectivity index (χ3v) is 12.2.